The molecule has 2 rings (SSSR count). The molecular formula is C13H11N3O. The van der Waals surface area contributed by atoms with E-state index >= 15 is 0 Å². The van der Waals surface area contributed by atoms with Crippen molar-refractivity contribution in [1.82, 2.24) is 9.97 Å². The van der Waals surface area contributed by atoms with Crippen molar-refractivity contribution in [3.8, 4) is 0 Å². The Hall–Kier alpha value is -2.23. The highest BCUT2D eigenvalue weighted by molar-refractivity contribution is 6.02. The second-order valence-electron chi connectivity index (χ2n) is 3.62. The number of aryl methyl sites for hydroxylation is 1. The molecule has 0 saturated carbocycles. The van der Waals surface area contributed by atoms with Crippen LogP contribution in [0.5, 0.6) is 0 Å². The average Bonchev–Trinajstić information content (AvgIpc) is 2.35. The third-order valence-electron chi connectivity index (χ3n) is 2.33. The summed E-state index contributed by atoms with van der Waals surface area (Å²) in [5.41, 5.74) is 2.53. The van der Waals surface area contributed by atoms with Crippen LogP contribution in [0.3, 0.4) is 0 Å². The van der Waals surface area contributed by atoms with Gasteiger partial charge in [-0.1, -0.05) is 6.07 Å². The Bertz CT molecular complexity index is 538. The lowest BCUT2D eigenvalue weighted by Crippen LogP contribution is -2.13. The molecule has 1 heterocycles. The van der Waals surface area contributed by atoms with Gasteiger partial charge in [0.1, 0.15) is 5.69 Å². The van der Waals surface area contributed by atoms with Gasteiger partial charge in [0, 0.05) is 18.1 Å². The molecular weight excluding hydrogens is 214 g/mol. The number of hydrogen-bond donors (Lipinski definition) is 1. The Balaban J connectivity index is 2.16. The van der Waals surface area contributed by atoms with Gasteiger partial charge in [-0.15, -0.1) is 0 Å². The smallest absolute Gasteiger partial charge is 0.275 e. The quantitative estimate of drug-likeness (QED) is 0.851. The molecule has 84 valence electrons. The van der Waals surface area contributed by atoms with Gasteiger partial charge in [-0.3, -0.25) is 9.78 Å². The van der Waals surface area contributed by atoms with Gasteiger partial charge in [0.2, 0.25) is 0 Å². The fourth-order valence-electron chi connectivity index (χ4n) is 1.33. The van der Waals surface area contributed by atoms with Gasteiger partial charge in [-0.05, 0) is 37.1 Å². The van der Waals surface area contributed by atoms with E-state index in [4.69, 9.17) is 6.92 Å². The van der Waals surface area contributed by atoms with Crippen LogP contribution in [0, 0.1) is 13.8 Å². The van der Waals surface area contributed by atoms with Crippen molar-refractivity contribution >= 4 is 11.6 Å². The van der Waals surface area contributed by atoms with E-state index in [2.05, 4.69) is 15.3 Å². The third-order valence-corrected chi connectivity index (χ3v) is 2.33. The Kier molecular flexibility index (Phi) is 3.14. The van der Waals surface area contributed by atoms with Crippen molar-refractivity contribution in [3.63, 3.8) is 0 Å². The van der Waals surface area contributed by atoms with Gasteiger partial charge < -0.3 is 5.32 Å². The van der Waals surface area contributed by atoms with E-state index in [1.165, 1.54) is 18.6 Å². The van der Waals surface area contributed by atoms with Crippen LogP contribution in [0.4, 0.5) is 5.69 Å². The second-order valence-corrected chi connectivity index (χ2v) is 3.62. The van der Waals surface area contributed by atoms with Gasteiger partial charge in [0.05, 0.1) is 6.20 Å². The lowest BCUT2D eigenvalue weighted by atomic mass is 10.1. The highest BCUT2D eigenvalue weighted by Crippen LogP contribution is 2.14. The molecule has 0 aliphatic heterocycles. The van der Waals surface area contributed by atoms with Crippen molar-refractivity contribution in [2.24, 2.45) is 0 Å². The fraction of sp³-hybridized carbons (Fsp3) is 0.0769. The Labute approximate surface area is 99.7 Å². The van der Waals surface area contributed by atoms with Crippen molar-refractivity contribution in [2.45, 2.75) is 6.92 Å². The molecule has 0 aliphatic carbocycles. The highest BCUT2D eigenvalue weighted by Gasteiger charge is 2.07. The van der Waals surface area contributed by atoms with Crippen LogP contribution in [0.2, 0.25) is 0 Å². The number of anilines is 1. The van der Waals surface area contributed by atoms with E-state index in [1.807, 2.05) is 13.0 Å². The molecule has 0 unspecified atom stereocenters. The van der Waals surface area contributed by atoms with Gasteiger partial charge in [-0.25, -0.2) is 4.98 Å². The maximum absolute atomic E-state index is 11.8. The van der Waals surface area contributed by atoms with E-state index in [1.54, 1.807) is 12.1 Å². The Morgan fingerprint density at radius 2 is 2.18 bits per heavy atom. The molecule has 0 bridgehead atoms. The first-order valence-corrected chi connectivity index (χ1v) is 5.10. The summed E-state index contributed by atoms with van der Waals surface area (Å²) < 4.78 is 0. The number of hydrogen-bond acceptors (Lipinski definition) is 3. The van der Waals surface area contributed by atoms with Crippen LogP contribution in [0.1, 0.15) is 21.6 Å². The van der Waals surface area contributed by atoms with Crippen molar-refractivity contribution in [3.05, 3.63) is 60.5 Å². The van der Waals surface area contributed by atoms with Crippen molar-refractivity contribution in [1.29, 1.82) is 0 Å². The maximum Gasteiger partial charge on any atom is 0.275 e. The van der Waals surface area contributed by atoms with Crippen molar-refractivity contribution < 1.29 is 4.79 Å². The number of rotatable bonds is 2. The van der Waals surface area contributed by atoms with Gasteiger partial charge in [-0.2, -0.15) is 0 Å². The minimum Gasteiger partial charge on any atom is -0.321 e. The fourth-order valence-corrected chi connectivity index (χ4v) is 1.33. The molecule has 0 spiro atoms. The van der Waals surface area contributed by atoms with Crippen LogP contribution >= 0.6 is 0 Å². The number of aromatic nitrogens is 2. The molecule has 4 nitrogen and oxygen atoms in total. The summed E-state index contributed by atoms with van der Waals surface area (Å²) in [6, 6.07) is 5.35. The molecule has 0 atom stereocenters. The minimum absolute atomic E-state index is 0.270. The summed E-state index contributed by atoms with van der Waals surface area (Å²) in [4.78, 5) is 19.5. The van der Waals surface area contributed by atoms with Crippen molar-refractivity contribution in [2.75, 3.05) is 5.32 Å². The highest BCUT2D eigenvalue weighted by atomic mass is 16.1. The molecule has 2 radical (unpaired) electrons. The average molecular weight is 225 g/mol. The summed E-state index contributed by atoms with van der Waals surface area (Å²) >= 11 is 0. The molecule has 1 aromatic heterocycles. The van der Waals surface area contributed by atoms with E-state index in [9.17, 15) is 4.79 Å². The first-order valence-electron chi connectivity index (χ1n) is 5.10. The zero-order valence-corrected chi connectivity index (χ0v) is 9.34. The summed E-state index contributed by atoms with van der Waals surface area (Å²) in [6.07, 6.45) is 4.39. The first kappa shape index (κ1) is 11.3. The summed E-state index contributed by atoms with van der Waals surface area (Å²) in [5.74, 6) is -0.304. The van der Waals surface area contributed by atoms with Crippen LogP contribution in [-0.4, -0.2) is 15.9 Å². The van der Waals surface area contributed by atoms with E-state index in [-0.39, 0.29) is 11.6 Å². The summed E-state index contributed by atoms with van der Waals surface area (Å²) in [6.45, 7) is 7.66. The van der Waals surface area contributed by atoms with Crippen LogP contribution < -0.4 is 5.32 Å². The topological polar surface area (TPSA) is 54.9 Å². The molecule has 1 amide bonds. The molecule has 4 heteroatoms. The van der Waals surface area contributed by atoms with Crippen LogP contribution in [0.15, 0.2) is 36.8 Å². The van der Waals surface area contributed by atoms with E-state index in [0.717, 1.165) is 5.56 Å². The van der Waals surface area contributed by atoms with E-state index < -0.39 is 0 Å². The largest absolute Gasteiger partial charge is 0.321 e. The lowest BCUT2D eigenvalue weighted by Gasteiger charge is -2.06. The van der Waals surface area contributed by atoms with Gasteiger partial charge >= 0.3 is 0 Å². The molecule has 1 N–H and O–H groups in total. The number of benzene rings is 1. The molecule has 0 saturated heterocycles. The predicted octanol–water partition coefficient (Wildman–Crippen LogP) is 2.10. The number of nitrogens with one attached hydrogen (secondary N) is 1. The second kappa shape index (κ2) is 4.74. The lowest BCUT2D eigenvalue weighted by molar-refractivity contribution is 0.102. The molecule has 2 aromatic rings. The first-order chi connectivity index (χ1) is 8.16. The van der Waals surface area contributed by atoms with Crippen LogP contribution in [0.25, 0.3) is 0 Å². The Morgan fingerprint density at radius 3 is 2.82 bits per heavy atom. The Morgan fingerprint density at radius 1 is 1.35 bits per heavy atom. The van der Waals surface area contributed by atoms with E-state index in [0.29, 0.717) is 11.3 Å². The molecule has 0 aliphatic rings. The SMILES string of the molecule is [CH]c1cc(NC(=O)c2cnccn2)ccc1C. The zero-order valence-electron chi connectivity index (χ0n) is 9.34. The summed E-state index contributed by atoms with van der Waals surface area (Å²) in [5, 5.41) is 2.70. The number of carbonyl (C=O) groups is 1. The molecule has 0 fully saturated rings. The maximum atomic E-state index is 11.8. The predicted molar refractivity (Wildman–Crippen MR) is 64.6 cm³/mol. The standard InChI is InChI=1S/C13H11N3O/c1-9-3-4-11(7-10(9)2)16-13(17)12-8-14-5-6-15-12/h2-8H,1H3,(H,16,17). The minimum atomic E-state index is -0.304. The zero-order chi connectivity index (χ0) is 12.3. The summed E-state index contributed by atoms with van der Waals surface area (Å²) in [7, 11) is 0. The monoisotopic (exact) mass is 225 g/mol. The van der Waals surface area contributed by atoms with Crippen LogP contribution in [-0.2, 0) is 0 Å². The number of nitrogens with zero attached hydrogens (tertiary/aromatic N) is 2. The number of amides is 1. The number of carbonyl (C=O) groups excluding carboxylic acids is 1. The molecule has 17 heavy (non-hydrogen) atoms. The third kappa shape index (κ3) is 2.66. The van der Waals surface area contributed by atoms with Gasteiger partial charge in [0.15, 0.2) is 0 Å². The van der Waals surface area contributed by atoms with Gasteiger partial charge in [0.25, 0.3) is 5.91 Å². The normalized spacial score (nSPS) is 10.0. The molecule has 1 aromatic carbocycles.